The molecule has 2 atom stereocenters. The molecule has 1 aliphatic rings. The molecule has 14 heavy (non-hydrogen) atoms. The first-order chi connectivity index (χ1) is 6.75. The van der Waals surface area contributed by atoms with Gasteiger partial charge in [-0.25, -0.2) is 0 Å². The van der Waals surface area contributed by atoms with Crippen molar-refractivity contribution < 1.29 is 9.21 Å². The van der Waals surface area contributed by atoms with E-state index in [1.54, 1.807) is 6.07 Å². The second kappa shape index (κ2) is 3.86. The van der Waals surface area contributed by atoms with Crippen LogP contribution in [0.25, 0.3) is 0 Å². The largest absolute Gasteiger partial charge is 0.472 e. The van der Waals surface area contributed by atoms with Crippen LogP contribution >= 0.6 is 0 Å². The van der Waals surface area contributed by atoms with Gasteiger partial charge in [-0.1, -0.05) is 6.92 Å². The van der Waals surface area contributed by atoms with E-state index in [0.29, 0.717) is 11.6 Å². The second-order valence-corrected chi connectivity index (χ2v) is 4.10. The molecule has 1 heterocycles. The van der Waals surface area contributed by atoms with E-state index in [1.807, 2.05) is 0 Å². The van der Waals surface area contributed by atoms with Crippen molar-refractivity contribution in [2.75, 3.05) is 0 Å². The third-order valence-corrected chi connectivity index (χ3v) is 2.81. The maximum Gasteiger partial charge on any atom is 0.254 e. The number of rotatable bonds is 2. The van der Waals surface area contributed by atoms with Gasteiger partial charge < -0.3 is 9.73 Å². The van der Waals surface area contributed by atoms with Gasteiger partial charge in [-0.05, 0) is 31.2 Å². The quantitative estimate of drug-likeness (QED) is 0.782. The fourth-order valence-corrected chi connectivity index (χ4v) is 2.00. The van der Waals surface area contributed by atoms with Gasteiger partial charge in [0.15, 0.2) is 0 Å². The number of hydrogen-bond acceptors (Lipinski definition) is 2. The number of nitrogens with one attached hydrogen (secondary N) is 1. The minimum absolute atomic E-state index is 0.0159. The van der Waals surface area contributed by atoms with E-state index in [2.05, 4.69) is 12.2 Å². The Kier molecular flexibility index (Phi) is 2.57. The SMILES string of the molecule is CC1CCC(NC(=O)c2ccoc2)C1. The molecule has 0 saturated heterocycles. The van der Waals surface area contributed by atoms with E-state index in [9.17, 15) is 4.79 Å². The van der Waals surface area contributed by atoms with Gasteiger partial charge in [-0.2, -0.15) is 0 Å². The molecule has 2 unspecified atom stereocenters. The summed E-state index contributed by atoms with van der Waals surface area (Å²) in [4.78, 5) is 11.6. The number of furan rings is 1. The van der Waals surface area contributed by atoms with Crippen LogP contribution < -0.4 is 5.32 Å². The van der Waals surface area contributed by atoms with Crippen LogP contribution in [0.2, 0.25) is 0 Å². The lowest BCUT2D eigenvalue weighted by Crippen LogP contribution is -2.32. The summed E-state index contributed by atoms with van der Waals surface area (Å²) >= 11 is 0. The van der Waals surface area contributed by atoms with E-state index in [1.165, 1.54) is 18.9 Å². The summed E-state index contributed by atoms with van der Waals surface area (Å²) in [6.45, 7) is 2.23. The molecular weight excluding hydrogens is 178 g/mol. The zero-order valence-electron chi connectivity index (χ0n) is 8.32. The van der Waals surface area contributed by atoms with Crippen LogP contribution in [-0.4, -0.2) is 11.9 Å². The summed E-state index contributed by atoms with van der Waals surface area (Å²) in [5, 5.41) is 3.01. The molecule has 3 heteroatoms. The lowest BCUT2D eigenvalue weighted by atomic mass is 10.1. The molecule has 2 rings (SSSR count). The highest BCUT2D eigenvalue weighted by Gasteiger charge is 2.23. The zero-order chi connectivity index (χ0) is 9.97. The van der Waals surface area contributed by atoms with Crippen LogP contribution in [0.3, 0.4) is 0 Å². The van der Waals surface area contributed by atoms with Crippen molar-refractivity contribution in [1.82, 2.24) is 5.32 Å². The van der Waals surface area contributed by atoms with Crippen molar-refractivity contribution in [2.24, 2.45) is 5.92 Å². The maximum atomic E-state index is 11.6. The van der Waals surface area contributed by atoms with Gasteiger partial charge in [-0.15, -0.1) is 0 Å². The van der Waals surface area contributed by atoms with Crippen molar-refractivity contribution in [3.05, 3.63) is 24.2 Å². The Morgan fingerprint density at radius 1 is 1.57 bits per heavy atom. The molecular formula is C11H15NO2. The van der Waals surface area contributed by atoms with E-state index < -0.39 is 0 Å². The molecule has 0 radical (unpaired) electrons. The van der Waals surface area contributed by atoms with Crippen molar-refractivity contribution in [3.63, 3.8) is 0 Å². The molecule has 1 fully saturated rings. The first-order valence-corrected chi connectivity index (χ1v) is 5.09. The van der Waals surface area contributed by atoms with Gasteiger partial charge in [0.05, 0.1) is 11.8 Å². The van der Waals surface area contributed by atoms with Crippen LogP contribution in [0.15, 0.2) is 23.0 Å². The Labute approximate surface area is 83.5 Å². The van der Waals surface area contributed by atoms with Gasteiger partial charge in [-0.3, -0.25) is 4.79 Å². The molecule has 1 saturated carbocycles. The predicted octanol–water partition coefficient (Wildman–Crippen LogP) is 2.20. The number of carbonyl (C=O) groups excluding carboxylic acids is 1. The Morgan fingerprint density at radius 2 is 2.43 bits per heavy atom. The summed E-state index contributed by atoms with van der Waals surface area (Å²) < 4.78 is 4.86. The van der Waals surface area contributed by atoms with Gasteiger partial charge in [0.1, 0.15) is 6.26 Å². The lowest BCUT2D eigenvalue weighted by molar-refractivity contribution is 0.0936. The summed E-state index contributed by atoms with van der Waals surface area (Å²) in [6, 6.07) is 2.04. The van der Waals surface area contributed by atoms with Crippen LogP contribution in [-0.2, 0) is 0 Å². The molecule has 76 valence electrons. The number of hydrogen-bond donors (Lipinski definition) is 1. The summed E-state index contributed by atoms with van der Waals surface area (Å²) in [7, 11) is 0. The van der Waals surface area contributed by atoms with Gasteiger partial charge in [0, 0.05) is 6.04 Å². The van der Waals surface area contributed by atoms with Gasteiger partial charge in [0.25, 0.3) is 5.91 Å². The second-order valence-electron chi connectivity index (χ2n) is 4.10. The first kappa shape index (κ1) is 9.31. The molecule has 0 bridgehead atoms. The molecule has 1 N–H and O–H groups in total. The molecule has 0 spiro atoms. The normalized spacial score (nSPS) is 26.4. The molecule has 1 aromatic rings. The summed E-state index contributed by atoms with van der Waals surface area (Å²) in [6.07, 6.45) is 6.42. The van der Waals surface area contributed by atoms with Crippen LogP contribution in [0.5, 0.6) is 0 Å². The highest BCUT2D eigenvalue weighted by atomic mass is 16.3. The van der Waals surface area contributed by atoms with Crippen molar-refractivity contribution >= 4 is 5.91 Å². The molecule has 1 aliphatic carbocycles. The standard InChI is InChI=1S/C11H15NO2/c1-8-2-3-10(6-8)12-11(13)9-4-5-14-7-9/h4-5,7-8,10H,2-3,6H2,1H3,(H,12,13). The Hall–Kier alpha value is -1.25. The topological polar surface area (TPSA) is 42.2 Å². The van der Waals surface area contributed by atoms with Crippen molar-refractivity contribution in [1.29, 1.82) is 0 Å². The number of carbonyl (C=O) groups is 1. The summed E-state index contributed by atoms with van der Waals surface area (Å²) in [5.41, 5.74) is 0.615. The third-order valence-electron chi connectivity index (χ3n) is 2.81. The Bertz CT molecular complexity index is 305. The summed E-state index contributed by atoms with van der Waals surface area (Å²) in [5.74, 6) is 0.725. The minimum atomic E-state index is -0.0159. The molecule has 3 nitrogen and oxygen atoms in total. The van der Waals surface area contributed by atoms with Crippen molar-refractivity contribution in [3.8, 4) is 0 Å². The number of amides is 1. The molecule has 1 aromatic heterocycles. The van der Waals surface area contributed by atoms with E-state index in [-0.39, 0.29) is 5.91 Å². The minimum Gasteiger partial charge on any atom is -0.472 e. The molecule has 0 aromatic carbocycles. The van der Waals surface area contributed by atoms with Crippen molar-refractivity contribution in [2.45, 2.75) is 32.2 Å². The predicted molar refractivity (Wildman–Crippen MR) is 53.0 cm³/mol. The average Bonchev–Trinajstić information content (AvgIpc) is 2.75. The third kappa shape index (κ3) is 1.97. The van der Waals surface area contributed by atoms with Crippen LogP contribution in [0.1, 0.15) is 36.5 Å². The Balaban J connectivity index is 1.89. The fourth-order valence-electron chi connectivity index (χ4n) is 2.00. The molecule has 1 amide bonds. The van der Waals surface area contributed by atoms with E-state index in [0.717, 1.165) is 18.8 Å². The average molecular weight is 193 g/mol. The maximum absolute atomic E-state index is 11.6. The van der Waals surface area contributed by atoms with E-state index in [4.69, 9.17) is 4.42 Å². The highest BCUT2D eigenvalue weighted by Crippen LogP contribution is 2.24. The Morgan fingerprint density at radius 3 is 3.00 bits per heavy atom. The lowest BCUT2D eigenvalue weighted by Gasteiger charge is -2.10. The zero-order valence-corrected chi connectivity index (χ0v) is 8.32. The highest BCUT2D eigenvalue weighted by molar-refractivity contribution is 5.93. The smallest absolute Gasteiger partial charge is 0.254 e. The monoisotopic (exact) mass is 193 g/mol. The van der Waals surface area contributed by atoms with Gasteiger partial charge in [0.2, 0.25) is 0 Å². The fraction of sp³-hybridized carbons (Fsp3) is 0.545. The molecule has 0 aliphatic heterocycles. The van der Waals surface area contributed by atoms with Gasteiger partial charge >= 0.3 is 0 Å². The first-order valence-electron chi connectivity index (χ1n) is 5.09. The van der Waals surface area contributed by atoms with Crippen LogP contribution in [0.4, 0.5) is 0 Å². The van der Waals surface area contributed by atoms with Crippen LogP contribution in [0, 0.1) is 5.92 Å². The van der Waals surface area contributed by atoms with E-state index >= 15 is 0 Å².